The van der Waals surface area contributed by atoms with Crippen molar-refractivity contribution in [2.24, 2.45) is 5.10 Å². The molecule has 0 unspecified atom stereocenters. The van der Waals surface area contributed by atoms with Gasteiger partial charge in [-0.05, 0) is 57.5 Å². The number of anilines is 1. The lowest BCUT2D eigenvalue weighted by Crippen LogP contribution is -2.32. The molecule has 2 aromatic rings. The molecule has 2 rings (SSSR count). The SMILES string of the molecule is Cc1ccc(S(=O)(=O)OC(=NNc2cccc(CNC(=O)OC(C)(C)C)c2)C(F)(F)F)cc1. The molecule has 0 atom stereocenters. The molecular formula is C21H24F3N3O5S. The minimum absolute atomic E-state index is 0.0403. The number of alkyl carbamates (subject to hydrolysis) is 1. The number of amides is 1. The van der Waals surface area contributed by atoms with Gasteiger partial charge in [0.2, 0.25) is 0 Å². The van der Waals surface area contributed by atoms with E-state index in [1.807, 2.05) is 0 Å². The number of hydrogen-bond acceptors (Lipinski definition) is 7. The third-order valence-electron chi connectivity index (χ3n) is 3.79. The highest BCUT2D eigenvalue weighted by atomic mass is 32.2. The van der Waals surface area contributed by atoms with Crippen molar-refractivity contribution in [3.05, 3.63) is 59.7 Å². The van der Waals surface area contributed by atoms with Gasteiger partial charge < -0.3 is 14.2 Å². The first kappa shape index (κ1) is 26.0. The van der Waals surface area contributed by atoms with E-state index < -0.39 is 38.8 Å². The first-order valence-electron chi connectivity index (χ1n) is 9.63. The Morgan fingerprint density at radius 1 is 1.06 bits per heavy atom. The van der Waals surface area contributed by atoms with Gasteiger partial charge in [0.15, 0.2) is 0 Å². The molecule has 12 heteroatoms. The fraction of sp³-hybridized carbons (Fsp3) is 0.333. The Balaban J connectivity index is 2.14. The fourth-order valence-electron chi connectivity index (χ4n) is 2.34. The van der Waals surface area contributed by atoms with Gasteiger partial charge in [0.05, 0.1) is 5.69 Å². The van der Waals surface area contributed by atoms with E-state index in [4.69, 9.17) is 4.74 Å². The predicted octanol–water partition coefficient (Wildman–Crippen LogP) is 4.71. The molecule has 0 bridgehead atoms. The zero-order valence-corrected chi connectivity index (χ0v) is 19.2. The lowest BCUT2D eigenvalue weighted by molar-refractivity contribution is -0.0707. The number of ether oxygens (including phenoxy) is 1. The van der Waals surface area contributed by atoms with Crippen LogP contribution in [-0.4, -0.2) is 32.2 Å². The van der Waals surface area contributed by atoms with Crippen molar-refractivity contribution in [3.8, 4) is 0 Å². The number of benzene rings is 2. The molecule has 2 aromatic carbocycles. The smallest absolute Gasteiger partial charge is 0.444 e. The highest BCUT2D eigenvalue weighted by Crippen LogP contribution is 2.23. The van der Waals surface area contributed by atoms with Crippen LogP contribution in [0.15, 0.2) is 58.5 Å². The number of carbonyl (C=O) groups is 1. The molecule has 180 valence electrons. The van der Waals surface area contributed by atoms with E-state index in [2.05, 4.69) is 20.0 Å². The van der Waals surface area contributed by atoms with Crippen LogP contribution >= 0.6 is 0 Å². The highest BCUT2D eigenvalue weighted by Gasteiger charge is 2.42. The van der Waals surface area contributed by atoms with Gasteiger partial charge in [-0.25, -0.2) is 4.79 Å². The molecular weight excluding hydrogens is 463 g/mol. The van der Waals surface area contributed by atoms with Gasteiger partial charge in [0.25, 0.3) is 0 Å². The number of nitrogens with one attached hydrogen (secondary N) is 2. The number of halogens is 3. The van der Waals surface area contributed by atoms with Gasteiger partial charge in [-0.2, -0.15) is 21.6 Å². The van der Waals surface area contributed by atoms with Gasteiger partial charge in [-0.3, -0.25) is 5.43 Å². The largest absolute Gasteiger partial charge is 0.471 e. The third-order valence-corrected chi connectivity index (χ3v) is 5.02. The molecule has 0 spiro atoms. The molecule has 33 heavy (non-hydrogen) atoms. The fourth-order valence-corrected chi connectivity index (χ4v) is 3.25. The monoisotopic (exact) mass is 487 g/mol. The number of carbonyl (C=O) groups excluding carboxylic acids is 1. The summed E-state index contributed by atoms with van der Waals surface area (Å²) < 4.78 is 73.8. The van der Waals surface area contributed by atoms with Crippen molar-refractivity contribution < 1.29 is 35.3 Å². The van der Waals surface area contributed by atoms with Crippen molar-refractivity contribution in [1.29, 1.82) is 0 Å². The quantitative estimate of drug-likeness (QED) is 0.265. The number of alkyl halides is 3. The zero-order chi connectivity index (χ0) is 24.9. The van der Waals surface area contributed by atoms with Gasteiger partial charge in [-0.15, -0.1) is 5.10 Å². The third kappa shape index (κ3) is 8.64. The summed E-state index contributed by atoms with van der Waals surface area (Å²) >= 11 is 0. The second-order valence-corrected chi connectivity index (χ2v) is 9.48. The summed E-state index contributed by atoms with van der Waals surface area (Å²) in [6.07, 6.45) is -5.84. The molecule has 1 amide bonds. The van der Waals surface area contributed by atoms with Crippen molar-refractivity contribution >= 4 is 27.8 Å². The van der Waals surface area contributed by atoms with Crippen LogP contribution in [0, 0.1) is 6.92 Å². The highest BCUT2D eigenvalue weighted by molar-refractivity contribution is 7.87. The van der Waals surface area contributed by atoms with Crippen LogP contribution in [0.2, 0.25) is 0 Å². The first-order valence-corrected chi connectivity index (χ1v) is 11.0. The van der Waals surface area contributed by atoms with E-state index in [0.717, 1.165) is 17.7 Å². The van der Waals surface area contributed by atoms with Gasteiger partial charge in [0.1, 0.15) is 10.5 Å². The standard InChI is InChI=1S/C21H24F3N3O5S/c1-14-8-10-17(11-9-14)33(29,30)32-18(21(22,23)24)27-26-16-7-5-6-15(12-16)13-25-19(28)31-20(2,3)4/h5-12,26H,13H2,1-4H3,(H,25,28). The Bertz CT molecular complexity index is 1110. The maximum atomic E-state index is 13.3. The lowest BCUT2D eigenvalue weighted by Gasteiger charge is -2.19. The van der Waals surface area contributed by atoms with Crippen LogP contribution in [-0.2, 0) is 25.6 Å². The van der Waals surface area contributed by atoms with Crippen LogP contribution in [0.3, 0.4) is 0 Å². The minimum atomic E-state index is -5.18. The maximum absolute atomic E-state index is 13.3. The summed E-state index contributed by atoms with van der Waals surface area (Å²) in [5, 5.41) is 5.62. The summed E-state index contributed by atoms with van der Waals surface area (Å²) in [7, 11) is -4.76. The molecule has 2 N–H and O–H groups in total. The maximum Gasteiger partial charge on any atom is 0.471 e. The summed E-state index contributed by atoms with van der Waals surface area (Å²) in [5.74, 6) is -1.99. The Hall–Kier alpha value is -3.28. The molecule has 0 aliphatic rings. The van der Waals surface area contributed by atoms with E-state index in [0.29, 0.717) is 5.56 Å². The van der Waals surface area contributed by atoms with Gasteiger partial charge in [-0.1, -0.05) is 29.8 Å². The topological polar surface area (TPSA) is 106 Å². The number of hydrazone groups is 1. The predicted molar refractivity (Wildman–Crippen MR) is 116 cm³/mol. The number of hydrogen-bond donors (Lipinski definition) is 2. The molecule has 0 aliphatic carbocycles. The van der Waals surface area contributed by atoms with E-state index in [1.54, 1.807) is 33.8 Å². The normalized spacial score (nSPS) is 12.8. The van der Waals surface area contributed by atoms with Crippen molar-refractivity contribution in [1.82, 2.24) is 5.32 Å². The average Bonchev–Trinajstić information content (AvgIpc) is 2.68. The second kappa shape index (κ2) is 10.1. The van der Waals surface area contributed by atoms with Gasteiger partial charge >= 0.3 is 28.3 Å². The molecule has 0 aromatic heterocycles. The molecule has 8 nitrogen and oxygen atoms in total. The molecule has 0 fully saturated rings. The summed E-state index contributed by atoms with van der Waals surface area (Å²) in [4.78, 5) is 11.3. The van der Waals surface area contributed by atoms with E-state index >= 15 is 0 Å². The Morgan fingerprint density at radius 2 is 1.70 bits per heavy atom. The Morgan fingerprint density at radius 3 is 2.27 bits per heavy atom. The number of rotatable bonds is 6. The van der Waals surface area contributed by atoms with Crippen LogP contribution in [0.1, 0.15) is 31.9 Å². The summed E-state index contributed by atoms with van der Waals surface area (Å²) in [5.41, 5.74) is 2.81. The summed E-state index contributed by atoms with van der Waals surface area (Å²) in [6.45, 7) is 6.84. The van der Waals surface area contributed by atoms with Crippen LogP contribution in [0.5, 0.6) is 0 Å². The van der Waals surface area contributed by atoms with E-state index in [1.165, 1.54) is 30.3 Å². The minimum Gasteiger partial charge on any atom is -0.444 e. The summed E-state index contributed by atoms with van der Waals surface area (Å²) in [6, 6.07) is 11.1. The van der Waals surface area contributed by atoms with Crippen LogP contribution in [0.4, 0.5) is 23.7 Å². The molecule has 0 radical (unpaired) electrons. The van der Waals surface area contributed by atoms with Crippen molar-refractivity contribution in [3.63, 3.8) is 0 Å². The molecule has 0 aliphatic heterocycles. The van der Waals surface area contributed by atoms with Crippen molar-refractivity contribution in [2.75, 3.05) is 5.43 Å². The van der Waals surface area contributed by atoms with E-state index in [-0.39, 0.29) is 12.2 Å². The number of nitrogens with zero attached hydrogens (tertiary/aromatic N) is 1. The van der Waals surface area contributed by atoms with Crippen LogP contribution < -0.4 is 10.7 Å². The zero-order valence-electron chi connectivity index (χ0n) is 18.4. The second-order valence-electron chi connectivity index (χ2n) is 7.93. The Kier molecular flexibility index (Phi) is 7.96. The molecule has 0 heterocycles. The Labute approximate surface area is 189 Å². The van der Waals surface area contributed by atoms with Gasteiger partial charge in [0, 0.05) is 6.54 Å². The van der Waals surface area contributed by atoms with Crippen LogP contribution in [0.25, 0.3) is 0 Å². The van der Waals surface area contributed by atoms with E-state index in [9.17, 15) is 26.4 Å². The molecule has 0 saturated heterocycles. The first-order chi connectivity index (χ1) is 15.2. The average molecular weight is 488 g/mol. The van der Waals surface area contributed by atoms with Crippen molar-refractivity contribution in [2.45, 2.75) is 50.9 Å². The lowest BCUT2D eigenvalue weighted by atomic mass is 10.2. The number of aryl methyl sites for hydroxylation is 1. The molecule has 0 saturated carbocycles.